The molecule has 1 aliphatic heterocycles. The first-order valence-electron chi connectivity index (χ1n) is 4.63. The molecule has 1 N–H and O–H groups in total. The molecule has 2 unspecified atom stereocenters. The van der Waals surface area contributed by atoms with Crippen molar-refractivity contribution in [3.63, 3.8) is 0 Å². The van der Waals surface area contributed by atoms with Gasteiger partial charge in [-0.1, -0.05) is 0 Å². The van der Waals surface area contributed by atoms with Gasteiger partial charge in [0.25, 0.3) is 0 Å². The molecule has 0 aliphatic carbocycles. The minimum atomic E-state index is -0.719. The molecule has 4 nitrogen and oxygen atoms in total. The van der Waals surface area contributed by atoms with Crippen molar-refractivity contribution < 1.29 is 9.90 Å². The number of hydrogen-bond donors (Lipinski definition) is 1. The summed E-state index contributed by atoms with van der Waals surface area (Å²) in [4.78, 5) is 14.9. The molecule has 0 aromatic heterocycles. The smallest absolute Gasteiger partial charge is 0.322 e. The molecule has 0 aromatic rings. The quantitative estimate of drug-likeness (QED) is 0.678. The average Bonchev–Trinajstić information content (AvgIpc) is 2.35. The Kier molecular flexibility index (Phi) is 3.27. The van der Waals surface area contributed by atoms with Gasteiger partial charge in [-0.25, -0.2) is 0 Å². The van der Waals surface area contributed by atoms with E-state index in [0.29, 0.717) is 0 Å². The van der Waals surface area contributed by atoms with Gasteiger partial charge in [0.05, 0.1) is 0 Å². The highest BCUT2D eigenvalue weighted by atomic mass is 16.4. The molecular weight excluding hydrogens is 168 g/mol. The largest absolute Gasteiger partial charge is 0.480 e. The third kappa shape index (κ3) is 2.19. The molecule has 1 fully saturated rings. The second-order valence-electron chi connectivity index (χ2n) is 3.94. The number of rotatable bonds is 3. The number of hydrogen-bond acceptors (Lipinski definition) is 3. The van der Waals surface area contributed by atoms with Crippen molar-refractivity contribution >= 4 is 5.97 Å². The molecule has 2 atom stereocenters. The van der Waals surface area contributed by atoms with Crippen molar-refractivity contribution in [3.05, 3.63) is 0 Å². The zero-order chi connectivity index (χ0) is 10.0. The minimum absolute atomic E-state index is 0.174. The van der Waals surface area contributed by atoms with E-state index < -0.39 is 5.97 Å². The van der Waals surface area contributed by atoms with Crippen LogP contribution in [0.15, 0.2) is 0 Å². The molecule has 1 heterocycles. The Labute approximate surface area is 79.1 Å². The molecule has 1 saturated heterocycles. The molecule has 4 heteroatoms. The zero-order valence-corrected chi connectivity index (χ0v) is 8.53. The van der Waals surface area contributed by atoms with E-state index in [1.165, 1.54) is 0 Å². The van der Waals surface area contributed by atoms with Crippen molar-refractivity contribution in [3.8, 4) is 0 Å². The van der Waals surface area contributed by atoms with Crippen LogP contribution in [-0.2, 0) is 4.79 Å². The van der Waals surface area contributed by atoms with Gasteiger partial charge in [0, 0.05) is 6.04 Å². The maximum atomic E-state index is 11.0. The van der Waals surface area contributed by atoms with Crippen molar-refractivity contribution in [2.45, 2.75) is 24.9 Å². The summed E-state index contributed by atoms with van der Waals surface area (Å²) >= 11 is 0. The number of carboxylic acid groups (broad SMARTS) is 1. The molecule has 0 saturated carbocycles. The highest BCUT2D eigenvalue weighted by Gasteiger charge is 2.35. The van der Waals surface area contributed by atoms with E-state index >= 15 is 0 Å². The second-order valence-corrected chi connectivity index (χ2v) is 3.94. The SMILES string of the molecule is CN(C)C(C(=O)O)C1CCCN1C. The van der Waals surface area contributed by atoms with Crippen LogP contribution in [0.2, 0.25) is 0 Å². The first-order valence-corrected chi connectivity index (χ1v) is 4.63. The Morgan fingerprint density at radius 3 is 2.54 bits per heavy atom. The average molecular weight is 186 g/mol. The molecule has 0 radical (unpaired) electrons. The molecule has 0 spiro atoms. The molecule has 0 aromatic carbocycles. The summed E-state index contributed by atoms with van der Waals surface area (Å²) in [6, 6.07) is -0.194. The van der Waals surface area contributed by atoms with Gasteiger partial charge in [-0.15, -0.1) is 0 Å². The van der Waals surface area contributed by atoms with Crippen molar-refractivity contribution in [1.82, 2.24) is 9.80 Å². The lowest BCUT2D eigenvalue weighted by Crippen LogP contribution is -2.49. The fraction of sp³-hybridized carbons (Fsp3) is 0.889. The second kappa shape index (κ2) is 4.07. The van der Waals surface area contributed by atoms with E-state index in [4.69, 9.17) is 5.11 Å². The van der Waals surface area contributed by atoms with Crippen LogP contribution in [0, 0.1) is 0 Å². The fourth-order valence-corrected chi connectivity index (χ4v) is 2.06. The third-order valence-corrected chi connectivity index (χ3v) is 2.75. The Morgan fingerprint density at radius 1 is 1.62 bits per heavy atom. The van der Waals surface area contributed by atoms with Gasteiger partial charge in [-0.2, -0.15) is 0 Å². The number of likely N-dealkylation sites (N-methyl/N-ethyl adjacent to an activating group) is 2. The van der Waals surface area contributed by atoms with Crippen LogP contribution >= 0.6 is 0 Å². The summed E-state index contributed by atoms with van der Waals surface area (Å²) in [6.07, 6.45) is 2.10. The van der Waals surface area contributed by atoms with Crippen molar-refractivity contribution in [1.29, 1.82) is 0 Å². The van der Waals surface area contributed by atoms with E-state index in [1.54, 1.807) is 4.90 Å². The van der Waals surface area contributed by atoms with Gasteiger partial charge >= 0.3 is 5.97 Å². The zero-order valence-electron chi connectivity index (χ0n) is 8.53. The summed E-state index contributed by atoms with van der Waals surface area (Å²) in [6.45, 7) is 1.02. The van der Waals surface area contributed by atoms with Crippen LogP contribution in [0.4, 0.5) is 0 Å². The lowest BCUT2D eigenvalue weighted by molar-refractivity contribution is -0.144. The normalized spacial score (nSPS) is 26.6. The van der Waals surface area contributed by atoms with Gasteiger partial charge < -0.3 is 10.0 Å². The van der Waals surface area contributed by atoms with Crippen molar-refractivity contribution in [2.24, 2.45) is 0 Å². The molecule has 1 rings (SSSR count). The van der Waals surface area contributed by atoms with Crippen LogP contribution < -0.4 is 0 Å². The van der Waals surface area contributed by atoms with Gasteiger partial charge in [-0.3, -0.25) is 9.69 Å². The minimum Gasteiger partial charge on any atom is -0.480 e. The van der Waals surface area contributed by atoms with Crippen LogP contribution in [0.25, 0.3) is 0 Å². The lowest BCUT2D eigenvalue weighted by Gasteiger charge is -2.30. The maximum absolute atomic E-state index is 11.0. The predicted octanol–water partition coefficient (Wildman–Crippen LogP) is 0.0954. The van der Waals surface area contributed by atoms with Crippen LogP contribution in [-0.4, -0.2) is 60.6 Å². The first-order chi connectivity index (χ1) is 6.04. The molecule has 76 valence electrons. The van der Waals surface area contributed by atoms with E-state index in [1.807, 2.05) is 21.1 Å². The van der Waals surface area contributed by atoms with Crippen LogP contribution in [0.1, 0.15) is 12.8 Å². The van der Waals surface area contributed by atoms with Crippen molar-refractivity contribution in [2.75, 3.05) is 27.7 Å². The predicted molar refractivity (Wildman–Crippen MR) is 50.8 cm³/mol. The summed E-state index contributed by atoms with van der Waals surface area (Å²) in [5.74, 6) is -0.719. The highest BCUT2D eigenvalue weighted by molar-refractivity contribution is 5.74. The van der Waals surface area contributed by atoms with Crippen LogP contribution in [0.3, 0.4) is 0 Å². The number of carboxylic acids is 1. The third-order valence-electron chi connectivity index (χ3n) is 2.75. The number of likely N-dealkylation sites (tertiary alicyclic amines) is 1. The summed E-state index contributed by atoms with van der Waals surface area (Å²) in [5, 5.41) is 9.05. The Hall–Kier alpha value is -0.610. The van der Waals surface area contributed by atoms with E-state index in [9.17, 15) is 4.79 Å². The molecule has 0 amide bonds. The fourth-order valence-electron chi connectivity index (χ4n) is 2.06. The molecule has 1 aliphatic rings. The molecular formula is C9H18N2O2. The first kappa shape index (κ1) is 10.5. The number of aliphatic carboxylic acids is 1. The van der Waals surface area contributed by atoms with Gasteiger partial charge in [-0.05, 0) is 40.5 Å². The number of carbonyl (C=O) groups is 1. The monoisotopic (exact) mass is 186 g/mol. The van der Waals surface area contributed by atoms with E-state index in [-0.39, 0.29) is 12.1 Å². The van der Waals surface area contributed by atoms with Gasteiger partial charge in [0.1, 0.15) is 6.04 Å². The van der Waals surface area contributed by atoms with Gasteiger partial charge in [0.15, 0.2) is 0 Å². The summed E-state index contributed by atoms with van der Waals surface area (Å²) in [7, 11) is 5.65. The Morgan fingerprint density at radius 2 is 2.23 bits per heavy atom. The van der Waals surface area contributed by atoms with E-state index in [0.717, 1.165) is 19.4 Å². The van der Waals surface area contributed by atoms with E-state index in [2.05, 4.69) is 4.90 Å². The Balaban J connectivity index is 2.69. The summed E-state index contributed by atoms with van der Waals surface area (Å²) in [5.41, 5.74) is 0. The maximum Gasteiger partial charge on any atom is 0.322 e. The Bertz CT molecular complexity index is 194. The lowest BCUT2D eigenvalue weighted by atomic mass is 10.1. The van der Waals surface area contributed by atoms with Gasteiger partial charge in [0.2, 0.25) is 0 Å². The molecule has 13 heavy (non-hydrogen) atoms. The molecule has 0 bridgehead atoms. The number of nitrogens with zero attached hydrogens (tertiary/aromatic N) is 2. The summed E-state index contributed by atoms with van der Waals surface area (Å²) < 4.78 is 0. The standard InChI is InChI=1S/C9H18N2O2/c1-10(2)8(9(12)13)7-5-4-6-11(7)3/h7-8H,4-6H2,1-3H3,(H,12,13). The topological polar surface area (TPSA) is 43.8 Å². The van der Waals surface area contributed by atoms with Crippen LogP contribution in [0.5, 0.6) is 0 Å². The highest BCUT2D eigenvalue weighted by Crippen LogP contribution is 2.20.